The van der Waals surface area contributed by atoms with E-state index in [1.54, 1.807) is 13.4 Å². The van der Waals surface area contributed by atoms with Gasteiger partial charge in [0.15, 0.2) is 0 Å². The number of aliphatic hydroxyl groups is 1. The van der Waals surface area contributed by atoms with Crippen LogP contribution in [-0.2, 0) is 6.42 Å². The fourth-order valence-electron chi connectivity index (χ4n) is 2.58. The SMILES string of the molecule is COc1ccc(C)cc1C(CN)C(O)CCc1ccco1. The third-order valence-corrected chi connectivity index (χ3v) is 3.77. The van der Waals surface area contributed by atoms with Crippen LogP contribution in [0.2, 0.25) is 0 Å². The molecule has 1 aromatic heterocycles. The highest BCUT2D eigenvalue weighted by Gasteiger charge is 2.23. The van der Waals surface area contributed by atoms with E-state index in [0.717, 1.165) is 22.6 Å². The van der Waals surface area contributed by atoms with E-state index >= 15 is 0 Å². The molecular weight excluding hydrogens is 266 g/mol. The van der Waals surface area contributed by atoms with Crippen LogP contribution >= 0.6 is 0 Å². The van der Waals surface area contributed by atoms with Crippen molar-refractivity contribution in [3.8, 4) is 5.75 Å². The van der Waals surface area contributed by atoms with Gasteiger partial charge in [-0.1, -0.05) is 17.7 Å². The van der Waals surface area contributed by atoms with Gasteiger partial charge in [0.05, 0.1) is 19.5 Å². The number of benzene rings is 1. The monoisotopic (exact) mass is 289 g/mol. The van der Waals surface area contributed by atoms with Crippen molar-refractivity contribution in [2.24, 2.45) is 5.73 Å². The van der Waals surface area contributed by atoms with Crippen LogP contribution in [0, 0.1) is 6.92 Å². The van der Waals surface area contributed by atoms with Crippen molar-refractivity contribution in [2.75, 3.05) is 13.7 Å². The molecular formula is C17H23NO3. The molecule has 2 rings (SSSR count). The molecule has 4 nitrogen and oxygen atoms in total. The quantitative estimate of drug-likeness (QED) is 0.822. The Bertz CT molecular complexity index is 551. The molecule has 0 radical (unpaired) electrons. The molecule has 4 heteroatoms. The standard InChI is InChI=1S/C17H23NO3/c1-12-5-8-17(20-2)14(10-12)15(11-18)16(19)7-6-13-4-3-9-21-13/h3-5,8-10,15-16,19H,6-7,11,18H2,1-2H3. The Hall–Kier alpha value is -1.78. The van der Waals surface area contributed by atoms with Gasteiger partial charge in [-0.05, 0) is 31.5 Å². The maximum absolute atomic E-state index is 10.5. The van der Waals surface area contributed by atoms with Crippen LogP contribution in [0.25, 0.3) is 0 Å². The van der Waals surface area contributed by atoms with Crippen molar-refractivity contribution in [3.05, 3.63) is 53.5 Å². The lowest BCUT2D eigenvalue weighted by Crippen LogP contribution is -2.27. The lowest BCUT2D eigenvalue weighted by Gasteiger charge is -2.24. The fourth-order valence-corrected chi connectivity index (χ4v) is 2.58. The third-order valence-electron chi connectivity index (χ3n) is 3.77. The van der Waals surface area contributed by atoms with Crippen LogP contribution in [-0.4, -0.2) is 24.9 Å². The minimum Gasteiger partial charge on any atom is -0.496 e. The van der Waals surface area contributed by atoms with E-state index in [4.69, 9.17) is 14.9 Å². The van der Waals surface area contributed by atoms with Crippen molar-refractivity contribution in [1.29, 1.82) is 0 Å². The molecule has 0 saturated heterocycles. The summed E-state index contributed by atoms with van der Waals surface area (Å²) in [5.41, 5.74) is 7.98. The van der Waals surface area contributed by atoms with Crippen LogP contribution in [0.5, 0.6) is 5.75 Å². The summed E-state index contributed by atoms with van der Waals surface area (Å²) < 4.78 is 10.7. The van der Waals surface area contributed by atoms with Gasteiger partial charge < -0.3 is 20.0 Å². The first-order valence-electron chi connectivity index (χ1n) is 7.20. The second-order valence-electron chi connectivity index (χ2n) is 5.27. The second-order valence-corrected chi connectivity index (χ2v) is 5.27. The Labute approximate surface area is 125 Å². The van der Waals surface area contributed by atoms with Gasteiger partial charge in [0.25, 0.3) is 0 Å². The molecule has 1 heterocycles. The van der Waals surface area contributed by atoms with Gasteiger partial charge in [0.1, 0.15) is 11.5 Å². The van der Waals surface area contributed by atoms with Gasteiger partial charge in [0, 0.05) is 24.4 Å². The van der Waals surface area contributed by atoms with Gasteiger partial charge in [-0.3, -0.25) is 0 Å². The average Bonchev–Trinajstić information content (AvgIpc) is 2.99. The van der Waals surface area contributed by atoms with E-state index in [1.165, 1.54) is 0 Å². The molecule has 2 unspecified atom stereocenters. The summed E-state index contributed by atoms with van der Waals surface area (Å²) in [6.07, 6.45) is 2.41. The van der Waals surface area contributed by atoms with Crippen molar-refractivity contribution in [1.82, 2.24) is 0 Å². The summed E-state index contributed by atoms with van der Waals surface area (Å²) in [5.74, 6) is 1.50. The van der Waals surface area contributed by atoms with Crippen LogP contribution in [0.4, 0.5) is 0 Å². The molecule has 0 spiro atoms. The number of hydrogen-bond donors (Lipinski definition) is 2. The topological polar surface area (TPSA) is 68.6 Å². The number of nitrogens with two attached hydrogens (primary N) is 1. The van der Waals surface area contributed by atoms with Gasteiger partial charge in [0.2, 0.25) is 0 Å². The molecule has 3 N–H and O–H groups in total. The molecule has 21 heavy (non-hydrogen) atoms. The molecule has 0 aliphatic rings. The normalized spacial score (nSPS) is 13.9. The number of aliphatic hydroxyl groups excluding tert-OH is 1. The van der Waals surface area contributed by atoms with E-state index in [1.807, 2.05) is 37.3 Å². The highest BCUT2D eigenvalue weighted by Crippen LogP contribution is 2.31. The summed E-state index contributed by atoms with van der Waals surface area (Å²) in [7, 11) is 1.64. The molecule has 0 fully saturated rings. The van der Waals surface area contributed by atoms with Gasteiger partial charge in [-0.25, -0.2) is 0 Å². The average molecular weight is 289 g/mol. The maximum atomic E-state index is 10.5. The second kappa shape index (κ2) is 7.29. The fraction of sp³-hybridized carbons (Fsp3) is 0.412. The van der Waals surface area contributed by atoms with Crippen LogP contribution in [0.15, 0.2) is 41.0 Å². The van der Waals surface area contributed by atoms with E-state index in [-0.39, 0.29) is 5.92 Å². The first kappa shape index (κ1) is 15.6. The summed E-state index contributed by atoms with van der Waals surface area (Å²) in [6.45, 7) is 2.39. The van der Waals surface area contributed by atoms with Crippen LogP contribution < -0.4 is 10.5 Å². The minimum absolute atomic E-state index is 0.144. The highest BCUT2D eigenvalue weighted by atomic mass is 16.5. The van der Waals surface area contributed by atoms with Gasteiger partial charge in [-0.2, -0.15) is 0 Å². The van der Waals surface area contributed by atoms with E-state index < -0.39 is 6.10 Å². The zero-order valence-corrected chi connectivity index (χ0v) is 12.6. The predicted molar refractivity (Wildman–Crippen MR) is 82.6 cm³/mol. The molecule has 0 bridgehead atoms. The molecule has 1 aromatic carbocycles. The number of methoxy groups -OCH3 is 1. The summed E-state index contributed by atoms with van der Waals surface area (Å²) in [4.78, 5) is 0. The third kappa shape index (κ3) is 3.86. The largest absolute Gasteiger partial charge is 0.496 e. The van der Waals surface area contributed by atoms with E-state index in [2.05, 4.69) is 0 Å². The molecule has 0 amide bonds. The first-order chi connectivity index (χ1) is 10.2. The smallest absolute Gasteiger partial charge is 0.122 e. The number of aryl methyl sites for hydroxylation is 2. The summed E-state index contributed by atoms with van der Waals surface area (Å²) >= 11 is 0. The lowest BCUT2D eigenvalue weighted by molar-refractivity contribution is 0.133. The van der Waals surface area contributed by atoms with Crippen LogP contribution in [0.3, 0.4) is 0 Å². The Kier molecular flexibility index (Phi) is 5.42. The Morgan fingerprint density at radius 3 is 2.76 bits per heavy atom. The zero-order chi connectivity index (χ0) is 15.2. The summed E-state index contributed by atoms with van der Waals surface area (Å²) in [6, 6.07) is 9.72. The van der Waals surface area contributed by atoms with Crippen LogP contribution in [0.1, 0.15) is 29.2 Å². The van der Waals surface area contributed by atoms with Gasteiger partial charge >= 0.3 is 0 Å². The van der Waals surface area contributed by atoms with E-state index in [0.29, 0.717) is 19.4 Å². The summed E-state index contributed by atoms with van der Waals surface area (Å²) in [5, 5.41) is 10.5. The molecule has 0 saturated carbocycles. The van der Waals surface area contributed by atoms with Gasteiger partial charge in [-0.15, -0.1) is 0 Å². The number of furan rings is 1. The Balaban J connectivity index is 2.12. The predicted octanol–water partition coefficient (Wildman–Crippen LogP) is 2.63. The number of hydrogen-bond acceptors (Lipinski definition) is 4. The van der Waals surface area contributed by atoms with Crippen molar-refractivity contribution >= 4 is 0 Å². The lowest BCUT2D eigenvalue weighted by atomic mass is 9.89. The number of ether oxygens (including phenoxy) is 1. The maximum Gasteiger partial charge on any atom is 0.122 e. The van der Waals surface area contributed by atoms with Crippen molar-refractivity contribution < 1.29 is 14.3 Å². The minimum atomic E-state index is -0.532. The van der Waals surface area contributed by atoms with Crippen molar-refractivity contribution in [2.45, 2.75) is 31.8 Å². The molecule has 2 atom stereocenters. The first-order valence-corrected chi connectivity index (χ1v) is 7.20. The Morgan fingerprint density at radius 2 is 2.14 bits per heavy atom. The molecule has 0 aliphatic heterocycles. The number of rotatable bonds is 7. The molecule has 114 valence electrons. The van der Waals surface area contributed by atoms with Crippen molar-refractivity contribution in [3.63, 3.8) is 0 Å². The Morgan fingerprint density at radius 1 is 1.33 bits per heavy atom. The molecule has 2 aromatic rings. The van der Waals surface area contributed by atoms with E-state index in [9.17, 15) is 5.11 Å². The molecule has 0 aliphatic carbocycles. The highest BCUT2D eigenvalue weighted by molar-refractivity contribution is 5.40. The zero-order valence-electron chi connectivity index (χ0n) is 12.6.